The van der Waals surface area contributed by atoms with Gasteiger partial charge >= 0.3 is 6.18 Å². The van der Waals surface area contributed by atoms with Gasteiger partial charge in [-0.25, -0.2) is 9.37 Å². The van der Waals surface area contributed by atoms with Gasteiger partial charge in [0.2, 0.25) is 5.88 Å². The van der Waals surface area contributed by atoms with Crippen molar-refractivity contribution < 1.29 is 22.3 Å². The van der Waals surface area contributed by atoms with Crippen LogP contribution in [0.1, 0.15) is 12.0 Å². The number of aromatic nitrogens is 3. The predicted octanol–water partition coefficient (Wildman–Crippen LogP) is 4.35. The minimum absolute atomic E-state index is 0.155. The van der Waals surface area contributed by atoms with Crippen molar-refractivity contribution in [1.82, 2.24) is 15.2 Å². The Morgan fingerprint density at radius 1 is 0.966 bits per heavy atom. The molecule has 2 aromatic heterocycles. The van der Waals surface area contributed by atoms with Gasteiger partial charge in [-0.15, -0.1) is 10.2 Å². The van der Waals surface area contributed by atoms with E-state index in [4.69, 9.17) is 4.74 Å². The van der Waals surface area contributed by atoms with E-state index in [9.17, 15) is 17.6 Å². The molecule has 0 spiro atoms. The third-order valence-electron chi connectivity index (χ3n) is 4.61. The summed E-state index contributed by atoms with van der Waals surface area (Å²) in [6, 6.07) is 11.8. The molecule has 29 heavy (non-hydrogen) atoms. The number of halogens is 4. The minimum Gasteiger partial charge on any atom is -0.472 e. The fraction of sp³-hybridized carbons (Fsp3) is 0.250. The number of benzene rings is 1. The topological polar surface area (TPSA) is 51.1 Å². The number of hydrogen-bond acceptors (Lipinski definition) is 5. The standard InChI is InChI=1S/C20H16F4N4O/c21-15-4-1-13(2-5-15)17-6-7-18(27-26-17)28-10-9-16(12-28)29-19-8-3-14(11-25-19)20(22,23)24/h1-8,11,16H,9-10,12H2. The first-order valence-corrected chi connectivity index (χ1v) is 8.93. The number of ether oxygens (including phenoxy) is 1. The SMILES string of the molecule is Fc1ccc(-c2ccc(N3CCC(Oc4ccc(C(F)(F)F)cn4)C3)nn2)cc1. The highest BCUT2D eigenvalue weighted by Gasteiger charge is 2.31. The maximum absolute atomic E-state index is 13.0. The molecule has 0 N–H and O–H groups in total. The smallest absolute Gasteiger partial charge is 0.417 e. The highest BCUT2D eigenvalue weighted by Crippen LogP contribution is 2.30. The second-order valence-corrected chi connectivity index (χ2v) is 6.64. The first-order valence-electron chi connectivity index (χ1n) is 8.93. The van der Waals surface area contributed by atoms with Crippen molar-refractivity contribution in [1.29, 1.82) is 0 Å². The maximum atomic E-state index is 13.0. The molecule has 5 nitrogen and oxygen atoms in total. The Kier molecular flexibility index (Phi) is 5.04. The van der Waals surface area contributed by atoms with Crippen LogP contribution in [0.3, 0.4) is 0 Å². The van der Waals surface area contributed by atoms with Crippen molar-refractivity contribution in [2.24, 2.45) is 0 Å². The van der Waals surface area contributed by atoms with Crippen LogP contribution in [0.15, 0.2) is 54.7 Å². The van der Waals surface area contributed by atoms with E-state index in [-0.39, 0.29) is 17.8 Å². The zero-order valence-electron chi connectivity index (χ0n) is 15.1. The summed E-state index contributed by atoms with van der Waals surface area (Å²) >= 11 is 0. The van der Waals surface area contributed by atoms with E-state index in [0.717, 1.165) is 17.8 Å². The molecule has 0 radical (unpaired) electrons. The van der Waals surface area contributed by atoms with E-state index >= 15 is 0 Å². The van der Waals surface area contributed by atoms with Crippen LogP contribution in [0.25, 0.3) is 11.3 Å². The number of alkyl halides is 3. The van der Waals surface area contributed by atoms with Crippen LogP contribution >= 0.6 is 0 Å². The van der Waals surface area contributed by atoms with Crippen LogP contribution < -0.4 is 9.64 Å². The molecule has 3 heterocycles. The van der Waals surface area contributed by atoms with Crippen LogP contribution in [-0.2, 0) is 6.18 Å². The summed E-state index contributed by atoms with van der Waals surface area (Å²) in [5.74, 6) is 0.508. The summed E-state index contributed by atoms with van der Waals surface area (Å²) in [5, 5.41) is 8.42. The van der Waals surface area contributed by atoms with Gasteiger partial charge in [-0.2, -0.15) is 13.2 Å². The van der Waals surface area contributed by atoms with Crippen LogP contribution in [0.4, 0.5) is 23.4 Å². The Balaban J connectivity index is 1.37. The van der Waals surface area contributed by atoms with Crippen molar-refractivity contribution in [3.63, 3.8) is 0 Å². The Labute approximate surface area is 164 Å². The molecule has 1 saturated heterocycles. The molecule has 1 fully saturated rings. The van der Waals surface area contributed by atoms with Crippen molar-refractivity contribution in [3.05, 3.63) is 66.1 Å². The molecule has 1 aliphatic heterocycles. The van der Waals surface area contributed by atoms with Gasteiger partial charge in [0.1, 0.15) is 11.9 Å². The van der Waals surface area contributed by atoms with E-state index in [1.807, 2.05) is 11.0 Å². The number of pyridine rings is 1. The summed E-state index contributed by atoms with van der Waals surface area (Å²) in [7, 11) is 0. The molecule has 0 aliphatic carbocycles. The van der Waals surface area contributed by atoms with Crippen molar-refractivity contribution >= 4 is 5.82 Å². The van der Waals surface area contributed by atoms with Crippen molar-refractivity contribution in [2.75, 3.05) is 18.0 Å². The van der Waals surface area contributed by atoms with Gasteiger partial charge in [-0.3, -0.25) is 0 Å². The fourth-order valence-electron chi connectivity index (χ4n) is 3.09. The first kappa shape index (κ1) is 19.1. The second kappa shape index (κ2) is 7.65. The van der Waals surface area contributed by atoms with E-state index in [1.54, 1.807) is 18.2 Å². The van der Waals surface area contributed by atoms with Gasteiger partial charge in [0, 0.05) is 30.8 Å². The Morgan fingerprint density at radius 3 is 2.38 bits per heavy atom. The predicted molar refractivity (Wildman–Crippen MR) is 97.9 cm³/mol. The third-order valence-corrected chi connectivity index (χ3v) is 4.61. The van der Waals surface area contributed by atoms with Crippen molar-refractivity contribution in [3.8, 4) is 17.1 Å². The number of hydrogen-bond donors (Lipinski definition) is 0. The molecule has 0 saturated carbocycles. The summed E-state index contributed by atoms with van der Waals surface area (Å²) in [6.45, 7) is 1.20. The van der Waals surface area contributed by atoms with E-state index < -0.39 is 11.7 Å². The monoisotopic (exact) mass is 404 g/mol. The highest BCUT2D eigenvalue weighted by atomic mass is 19.4. The molecule has 4 rings (SSSR count). The molecule has 1 unspecified atom stereocenters. The number of rotatable bonds is 4. The minimum atomic E-state index is -4.42. The Bertz CT molecular complexity index is 960. The lowest BCUT2D eigenvalue weighted by atomic mass is 10.1. The van der Waals surface area contributed by atoms with E-state index in [2.05, 4.69) is 15.2 Å². The second-order valence-electron chi connectivity index (χ2n) is 6.64. The molecule has 9 heteroatoms. The first-order chi connectivity index (χ1) is 13.9. The average Bonchev–Trinajstić information content (AvgIpc) is 3.17. The third kappa shape index (κ3) is 4.44. The highest BCUT2D eigenvalue weighted by molar-refractivity contribution is 5.59. The maximum Gasteiger partial charge on any atom is 0.417 e. The number of nitrogens with zero attached hydrogens (tertiary/aromatic N) is 4. The quantitative estimate of drug-likeness (QED) is 0.605. The molecule has 0 bridgehead atoms. The van der Waals surface area contributed by atoms with Crippen LogP contribution in [-0.4, -0.2) is 34.4 Å². The molecular weight excluding hydrogens is 388 g/mol. The Morgan fingerprint density at radius 2 is 1.76 bits per heavy atom. The summed E-state index contributed by atoms with van der Waals surface area (Å²) < 4.78 is 56.5. The lowest BCUT2D eigenvalue weighted by molar-refractivity contribution is -0.137. The molecule has 3 aromatic rings. The normalized spacial score (nSPS) is 16.8. The molecular formula is C20H16F4N4O. The average molecular weight is 404 g/mol. The van der Waals surface area contributed by atoms with Crippen LogP contribution in [0.2, 0.25) is 0 Å². The molecule has 1 aromatic carbocycles. The zero-order chi connectivity index (χ0) is 20.4. The molecule has 1 aliphatic rings. The van der Waals surface area contributed by atoms with Gasteiger partial charge in [-0.05, 0) is 42.5 Å². The van der Waals surface area contributed by atoms with E-state index in [0.29, 0.717) is 31.0 Å². The lowest BCUT2D eigenvalue weighted by Gasteiger charge is -2.17. The lowest BCUT2D eigenvalue weighted by Crippen LogP contribution is -2.25. The van der Waals surface area contributed by atoms with Crippen LogP contribution in [0.5, 0.6) is 5.88 Å². The molecule has 0 amide bonds. The molecule has 150 valence electrons. The largest absolute Gasteiger partial charge is 0.472 e. The van der Waals surface area contributed by atoms with Gasteiger partial charge in [0.05, 0.1) is 17.8 Å². The van der Waals surface area contributed by atoms with Crippen LogP contribution in [0, 0.1) is 5.82 Å². The van der Waals surface area contributed by atoms with Gasteiger partial charge in [0.25, 0.3) is 0 Å². The van der Waals surface area contributed by atoms with Crippen molar-refractivity contribution in [2.45, 2.75) is 18.7 Å². The summed E-state index contributed by atoms with van der Waals surface area (Å²) in [4.78, 5) is 5.72. The zero-order valence-corrected chi connectivity index (χ0v) is 15.1. The molecule has 1 atom stereocenters. The summed E-state index contributed by atoms with van der Waals surface area (Å²) in [5.41, 5.74) is 0.588. The Hall–Kier alpha value is -3.23. The van der Waals surface area contributed by atoms with E-state index in [1.165, 1.54) is 18.2 Å². The van der Waals surface area contributed by atoms with Gasteiger partial charge < -0.3 is 9.64 Å². The van der Waals surface area contributed by atoms with Gasteiger partial charge in [0.15, 0.2) is 5.82 Å². The number of anilines is 1. The summed E-state index contributed by atoms with van der Waals surface area (Å²) in [6.07, 6.45) is -3.18. The van der Waals surface area contributed by atoms with Gasteiger partial charge in [-0.1, -0.05) is 0 Å². The fourth-order valence-corrected chi connectivity index (χ4v) is 3.09.